The van der Waals surface area contributed by atoms with E-state index in [2.05, 4.69) is 20.5 Å². The van der Waals surface area contributed by atoms with Gasteiger partial charge in [0.05, 0.1) is 5.69 Å². The number of aryl methyl sites for hydroxylation is 1. The van der Waals surface area contributed by atoms with Gasteiger partial charge in [0.15, 0.2) is 5.13 Å². The van der Waals surface area contributed by atoms with E-state index in [1.54, 1.807) is 7.05 Å². The molecule has 0 aliphatic rings. The zero-order valence-corrected chi connectivity index (χ0v) is 11.6. The minimum Gasteiger partial charge on any atom is -0.365 e. The fourth-order valence-electron chi connectivity index (χ4n) is 1.39. The van der Waals surface area contributed by atoms with Crippen LogP contribution in [0, 0.1) is 6.92 Å². The third-order valence-electron chi connectivity index (χ3n) is 2.28. The second-order valence-corrected chi connectivity index (χ2v) is 5.10. The molecule has 17 heavy (non-hydrogen) atoms. The highest BCUT2D eigenvalue weighted by Crippen LogP contribution is 2.21. The Balaban J connectivity index is 2.44. The predicted molar refractivity (Wildman–Crippen MR) is 71.9 cm³/mol. The van der Waals surface area contributed by atoms with Crippen LogP contribution in [0.4, 0.5) is 5.13 Å². The van der Waals surface area contributed by atoms with Gasteiger partial charge in [-0.05, 0) is 34.0 Å². The summed E-state index contributed by atoms with van der Waals surface area (Å²) in [4.78, 5) is 18.9. The maximum absolute atomic E-state index is 11.9. The number of nitrogens with one attached hydrogen (secondary N) is 2. The van der Waals surface area contributed by atoms with Gasteiger partial charge >= 0.3 is 0 Å². The van der Waals surface area contributed by atoms with Crippen LogP contribution in [0.5, 0.6) is 0 Å². The van der Waals surface area contributed by atoms with Gasteiger partial charge in [0, 0.05) is 13.6 Å². The molecule has 0 atom stereocenters. The highest BCUT2D eigenvalue weighted by Gasteiger charge is 2.13. The molecule has 0 aliphatic heterocycles. The number of amides is 1. The van der Waals surface area contributed by atoms with E-state index in [0.717, 1.165) is 23.8 Å². The quantitative estimate of drug-likeness (QED) is 0.750. The molecular formula is C11H20N4OS. The van der Waals surface area contributed by atoms with Crippen molar-refractivity contribution in [2.75, 3.05) is 39.5 Å². The second-order valence-electron chi connectivity index (χ2n) is 4.10. The highest BCUT2D eigenvalue weighted by atomic mass is 32.1. The van der Waals surface area contributed by atoms with Crippen molar-refractivity contribution in [3.63, 3.8) is 0 Å². The molecule has 0 unspecified atom stereocenters. The SMILES string of the molecule is CNc1nc(C)c(C(=O)NCCCN(C)C)s1. The first-order chi connectivity index (χ1) is 8.04. The maximum Gasteiger partial charge on any atom is 0.263 e. The van der Waals surface area contributed by atoms with Crippen LogP contribution in [0.2, 0.25) is 0 Å². The van der Waals surface area contributed by atoms with E-state index in [0.29, 0.717) is 11.4 Å². The number of rotatable bonds is 6. The Kier molecular flexibility index (Phi) is 5.37. The van der Waals surface area contributed by atoms with Crippen LogP contribution in [0.15, 0.2) is 0 Å². The van der Waals surface area contributed by atoms with E-state index in [-0.39, 0.29) is 5.91 Å². The molecular weight excluding hydrogens is 236 g/mol. The fourth-order valence-corrected chi connectivity index (χ4v) is 2.23. The molecule has 0 aliphatic carbocycles. The summed E-state index contributed by atoms with van der Waals surface area (Å²) in [5.41, 5.74) is 0.782. The van der Waals surface area contributed by atoms with Crippen molar-refractivity contribution in [3.8, 4) is 0 Å². The fraction of sp³-hybridized carbons (Fsp3) is 0.636. The lowest BCUT2D eigenvalue weighted by Gasteiger charge is -2.09. The van der Waals surface area contributed by atoms with Gasteiger partial charge in [-0.25, -0.2) is 4.98 Å². The first-order valence-corrected chi connectivity index (χ1v) is 6.44. The Morgan fingerprint density at radius 1 is 1.47 bits per heavy atom. The molecule has 0 radical (unpaired) electrons. The summed E-state index contributed by atoms with van der Waals surface area (Å²) in [6.45, 7) is 3.53. The zero-order chi connectivity index (χ0) is 12.8. The largest absolute Gasteiger partial charge is 0.365 e. The number of anilines is 1. The maximum atomic E-state index is 11.9. The van der Waals surface area contributed by atoms with E-state index in [4.69, 9.17) is 0 Å². The van der Waals surface area contributed by atoms with Crippen LogP contribution < -0.4 is 10.6 Å². The molecule has 96 valence electrons. The molecule has 2 N–H and O–H groups in total. The van der Waals surface area contributed by atoms with Gasteiger partial charge in [-0.3, -0.25) is 4.79 Å². The third kappa shape index (κ3) is 4.32. The Labute approximate surface area is 106 Å². The monoisotopic (exact) mass is 256 g/mol. The standard InChI is InChI=1S/C11H20N4OS/c1-8-9(17-11(12-2)14-8)10(16)13-6-5-7-15(3)4/h5-7H2,1-4H3,(H,12,14)(H,13,16). The van der Waals surface area contributed by atoms with Crippen molar-refractivity contribution in [3.05, 3.63) is 10.6 Å². The molecule has 5 nitrogen and oxygen atoms in total. The molecule has 0 bridgehead atoms. The van der Waals surface area contributed by atoms with Gasteiger partial charge in [0.1, 0.15) is 4.88 Å². The molecule has 0 aromatic carbocycles. The minimum atomic E-state index is -0.0275. The van der Waals surface area contributed by atoms with Gasteiger partial charge in [-0.15, -0.1) is 0 Å². The molecule has 1 aromatic rings. The lowest BCUT2D eigenvalue weighted by molar-refractivity contribution is 0.0955. The summed E-state index contributed by atoms with van der Waals surface area (Å²) in [7, 11) is 5.85. The summed E-state index contributed by atoms with van der Waals surface area (Å²) < 4.78 is 0. The van der Waals surface area contributed by atoms with Crippen LogP contribution in [0.3, 0.4) is 0 Å². The van der Waals surface area contributed by atoms with E-state index >= 15 is 0 Å². The average Bonchev–Trinajstić information content (AvgIpc) is 2.65. The smallest absolute Gasteiger partial charge is 0.263 e. The summed E-state index contributed by atoms with van der Waals surface area (Å²) in [5.74, 6) is -0.0275. The van der Waals surface area contributed by atoms with Crippen LogP contribution in [0.25, 0.3) is 0 Å². The van der Waals surface area contributed by atoms with E-state index in [9.17, 15) is 4.79 Å². The zero-order valence-electron chi connectivity index (χ0n) is 10.8. The molecule has 0 spiro atoms. The number of aromatic nitrogens is 1. The normalized spacial score (nSPS) is 10.6. The molecule has 6 heteroatoms. The van der Waals surface area contributed by atoms with Crippen molar-refractivity contribution >= 4 is 22.4 Å². The summed E-state index contributed by atoms with van der Waals surface area (Å²) >= 11 is 1.39. The molecule has 1 heterocycles. The van der Waals surface area contributed by atoms with Crippen LogP contribution >= 0.6 is 11.3 Å². The van der Waals surface area contributed by atoms with Gasteiger partial charge in [0.25, 0.3) is 5.91 Å². The van der Waals surface area contributed by atoms with Gasteiger partial charge < -0.3 is 15.5 Å². The highest BCUT2D eigenvalue weighted by molar-refractivity contribution is 7.17. The summed E-state index contributed by atoms with van der Waals surface area (Å²) in [6.07, 6.45) is 0.954. The van der Waals surface area contributed by atoms with E-state index < -0.39 is 0 Å². The molecule has 0 fully saturated rings. The Bertz CT molecular complexity index is 376. The van der Waals surface area contributed by atoms with Crippen molar-refractivity contribution in [2.24, 2.45) is 0 Å². The average molecular weight is 256 g/mol. The summed E-state index contributed by atoms with van der Waals surface area (Å²) in [5, 5.41) is 6.63. The number of hydrogen-bond donors (Lipinski definition) is 2. The molecule has 0 saturated carbocycles. The lowest BCUT2D eigenvalue weighted by atomic mass is 10.3. The van der Waals surface area contributed by atoms with Crippen molar-refractivity contribution in [1.29, 1.82) is 0 Å². The first-order valence-electron chi connectivity index (χ1n) is 5.62. The van der Waals surface area contributed by atoms with Crippen LogP contribution in [-0.2, 0) is 0 Å². The topological polar surface area (TPSA) is 57.3 Å². The molecule has 1 amide bonds. The number of nitrogens with zero attached hydrogens (tertiary/aromatic N) is 2. The Hall–Kier alpha value is -1.14. The van der Waals surface area contributed by atoms with Gasteiger partial charge in [0.2, 0.25) is 0 Å². The molecule has 0 saturated heterocycles. The predicted octanol–water partition coefficient (Wildman–Crippen LogP) is 1.17. The van der Waals surface area contributed by atoms with Crippen LogP contribution in [0.1, 0.15) is 21.8 Å². The van der Waals surface area contributed by atoms with E-state index in [1.807, 2.05) is 21.0 Å². The Morgan fingerprint density at radius 3 is 2.71 bits per heavy atom. The van der Waals surface area contributed by atoms with Crippen molar-refractivity contribution in [1.82, 2.24) is 15.2 Å². The Morgan fingerprint density at radius 2 is 2.18 bits per heavy atom. The lowest BCUT2D eigenvalue weighted by Crippen LogP contribution is -2.26. The van der Waals surface area contributed by atoms with Gasteiger partial charge in [-0.2, -0.15) is 0 Å². The molecule has 1 rings (SSSR count). The van der Waals surface area contributed by atoms with Crippen LogP contribution in [-0.4, -0.2) is 50.0 Å². The van der Waals surface area contributed by atoms with Crippen molar-refractivity contribution in [2.45, 2.75) is 13.3 Å². The summed E-state index contributed by atoms with van der Waals surface area (Å²) in [6, 6.07) is 0. The van der Waals surface area contributed by atoms with Crippen molar-refractivity contribution < 1.29 is 4.79 Å². The number of thiazole rings is 1. The number of carbonyl (C=O) groups excluding carboxylic acids is 1. The second kappa shape index (κ2) is 6.56. The van der Waals surface area contributed by atoms with E-state index in [1.165, 1.54) is 11.3 Å². The van der Waals surface area contributed by atoms with Gasteiger partial charge in [-0.1, -0.05) is 11.3 Å². The first kappa shape index (κ1) is 13.9. The molecule has 1 aromatic heterocycles. The number of hydrogen-bond acceptors (Lipinski definition) is 5. The minimum absolute atomic E-state index is 0.0275. The third-order valence-corrected chi connectivity index (χ3v) is 3.46. The number of carbonyl (C=O) groups is 1.